The lowest BCUT2D eigenvalue weighted by atomic mass is 9.99. The van der Waals surface area contributed by atoms with Crippen LogP contribution in [-0.2, 0) is 0 Å². The highest BCUT2D eigenvalue weighted by atomic mass is 15.1. The first kappa shape index (κ1) is 20.7. The van der Waals surface area contributed by atoms with Gasteiger partial charge in [-0.2, -0.15) is 0 Å². The summed E-state index contributed by atoms with van der Waals surface area (Å²) in [6, 6.07) is 48.6. The Hall–Kier alpha value is -4.62. The minimum Gasteiger partial charge on any atom is -0.310 e. The van der Waals surface area contributed by atoms with E-state index in [9.17, 15) is 0 Å². The molecule has 1 nitrogen and oxygen atoms in total. The zero-order valence-electron chi connectivity index (χ0n) is 20.1. The van der Waals surface area contributed by atoms with Crippen molar-refractivity contribution in [2.24, 2.45) is 0 Å². The molecule has 0 aliphatic carbocycles. The van der Waals surface area contributed by atoms with E-state index in [2.05, 4.69) is 145 Å². The molecule has 7 rings (SSSR count). The van der Waals surface area contributed by atoms with E-state index in [0.717, 1.165) is 17.1 Å². The maximum atomic E-state index is 2.38. The molecule has 0 aliphatic rings. The van der Waals surface area contributed by atoms with Gasteiger partial charge in [-0.3, -0.25) is 0 Å². The summed E-state index contributed by atoms with van der Waals surface area (Å²) in [7, 11) is 0. The van der Waals surface area contributed by atoms with Crippen molar-refractivity contribution in [2.75, 3.05) is 4.90 Å². The monoisotopic (exact) mass is 459 g/mol. The lowest BCUT2D eigenvalue weighted by Crippen LogP contribution is -2.10. The van der Waals surface area contributed by atoms with E-state index in [1.165, 1.54) is 48.7 Å². The number of benzene rings is 7. The van der Waals surface area contributed by atoms with Gasteiger partial charge in [-0.15, -0.1) is 0 Å². The van der Waals surface area contributed by atoms with Gasteiger partial charge in [0.1, 0.15) is 0 Å². The van der Waals surface area contributed by atoms with Gasteiger partial charge < -0.3 is 4.90 Å². The molecule has 36 heavy (non-hydrogen) atoms. The third-order valence-electron chi connectivity index (χ3n) is 7.24. The third-order valence-corrected chi connectivity index (χ3v) is 7.24. The minimum atomic E-state index is 1.16. The molecule has 0 unspecified atom stereocenters. The molecular weight excluding hydrogens is 434 g/mol. The first-order valence-electron chi connectivity index (χ1n) is 12.4. The van der Waals surface area contributed by atoms with Crippen LogP contribution in [0.25, 0.3) is 43.1 Å². The molecule has 0 fully saturated rings. The van der Waals surface area contributed by atoms with Crippen LogP contribution in [0.15, 0.2) is 133 Å². The maximum absolute atomic E-state index is 2.38. The Labute approximate surface area is 210 Å². The second-order valence-electron chi connectivity index (χ2n) is 9.56. The van der Waals surface area contributed by atoms with Gasteiger partial charge in [-0.05, 0) is 92.0 Å². The number of hydrogen-bond donors (Lipinski definition) is 0. The van der Waals surface area contributed by atoms with Crippen molar-refractivity contribution in [3.05, 3.63) is 139 Å². The van der Waals surface area contributed by atoms with Crippen LogP contribution < -0.4 is 4.90 Å². The molecule has 170 valence electrons. The quantitative estimate of drug-likeness (QED) is 0.238. The summed E-state index contributed by atoms with van der Waals surface area (Å²) in [6.07, 6.45) is 0. The van der Waals surface area contributed by atoms with Crippen molar-refractivity contribution in [3.8, 4) is 0 Å². The fourth-order valence-corrected chi connectivity index (χ4v) is 5.47. The van der Waals surface area contributed by atoms with Gasteiger partial charge in [-0.1, -0.05) is 97.1 Å². The molecule has 7 aromatic rings. The Morgan fingerprint density at radius 1 is 0.361 bits per heavy atom. The molecule has 0 spiro atoms. The number of hydrogen-bond acceptors (Lipinski definition) is 1. The van der Waals surface area contributed by atoms with Gasteiger partial charge >= 0.3 is 0 Å². The average molecular weight is 460 g/mol. The molecule has 0 atom stereocenters. The summed E-state index contributed by atoms with van der Waals surface area (Å²) in [5.41, 5.74) is 4.72. The van der Waals surface area contributed by atoms with Crippen LogP contribution in [-0.4, -0.2) is 0 Å². The summed E-state index contributed by atoms with van der Waals surface area (Å²) in [4.78, 5) is 2.38. The van der Waals surface area contributed by atoms with Crippen molar-refractivity contribution < 1.29 is 0 Å². The third kappa shape index (κ3) is 3.40. The molecule has 0 amide bonds. The van der Waals surface area contributed by atoms with Crippen molar-refractivity contribution in [1.82, 2.24) is 0 Å². The normalized spacial score (nSPS) is 11.5. The van der Waals surface area contributed by atoms with Crippen LogP contribution in [0.4, 0.5) is 17.1 Å². The molecule has 0 bridgehead atoms. The zero-order chi connectivity index (χ0) is 24.1. The van der Waals surface area contributed by atoms with Gasteiger partial charge in [0.05, 0.1) is 0 Å². The van der Waals surface area contributed by atoms with E-state index >= 15 is 0 Å². The SMILES string of the molecule is Cc1cccc(N(c2ccc3ccc4ccccc4c3c2)c2ccc3ccc4ccccc4c3c2)c1. The largest absolute Gasteiger partial charge is 0.310 e. The molecule has 0 heterocycles. The minimum absolute atomic E-state index is 1.16. The highest BCUT2D eigenvalue weighted by molar-refractivity contribution is 6.10. The smallest absolute Gasteiger partial charge is 0.0468 e. The molecule has 0 saturated carbocycles. The molecule has 0 saturated heterocycles. The first-order chi connectivity index (χ1) is 17.7. The number of anilines is 3. The summed E-state index contributed by atoms with van der Waals surface area (Å²) in [5, 5.41) is 10.2. The van der Waals surface area contributed by atoms with Crippen molar-refractivity contribution >= 4 is 60.2 Å². The van der Waals surface area contributed by atoms with Gasteiger partial charge in [0.2, 0.25) is 0 Å². The summed E-state index contributed by atoms with van der Waals surface area (Å²) < 4.78 is 0. The number of rotatable bonds is 3. The fraction of sp³-hybridized carbons (Fsp3) is 0.0286. The molecule has 0 aliphatic heterocycles. The second-order valence-corrected chi connectivity index (χ2v) is 9.56. The van der Waals surface area contributed by atoms with E-state index in [1.54, 1.807) is 0 Å². The standard InChI is InChI=1S/C35H25N/c1-24-7-6-10-29(21-24)36(30-19-17-27-15-13-25-8-2-4-11-32(25)34(27)22-30)31-20-18-28-16-14-26-9-3-5-12-33(26)35(28)23-31/h2-23H,1H3. The lowest BCUT2D eigenvalue weighted by molar-refractivity contribution is 1.28. The lowest BCUT2D eigenvalue weighted by Gasteiger charge is -2.27. The van der Waals surface area contributed by atoms with Crippen LogP contribution in [0.1, 0.15) is 5.56 Å². The molecule has 7 aromatic carbocycles. The van der Waals surface area contributed by atoms with E-state index in [-0.39, 0.29) is 0 Å². The van der Waals surface area contributed by atoms with Crippen molar-refractivity contribution in [2.45, 2.75) is 6.92 Å². The highest BCUT2D eigenvalue weighted by Gasteiger charge is 2.15. The fourth-order valence-electron chi connectivity index (χ4n) is 5.47. The molecule has 0 radical (unpaired) electrons. The van der Waals surface area contributed by atoms with Gasteiger partial charge in [0, 0.05) is 17.1 Å². The molecule has 0 aromatic heterocycles. The van der Waals surface area contributed by atoms with Gasteiger partial charge in [0.25, 0.3) is 0 Å². The summed E-state index contributed by atoms with van der Waals surface area (Å²) >= 11 is 0. The Kier molecular flexibility index (Phi) is 4.75. The van der Waals surface area contributed by atoms with E-state index in [1.807, 2.05) is 0 Å². The molecule has 1 heteroatoms. The van der Waals surface area contributed by atoms with E-state index < -0.39 is 0 Å². The number of aryl methyl sites for hydroxylation is 1. The van der Waals surface area contributed by atoms with Crippen molar-refractivity contribution in [3.63, 3.8) is 0 Å². The van der Waals surface area contributed by atoms with Crippen LogP contribution in [0.3, 0.4) is 0 Å². The Morgan fingerprint density at radius 2 is 0.806 bits per heavy atom. The predicted molar refractivity (Wildman–Crippen MR) is 156 cm³/mol. The molecule has 0 N–H and O–H groups in total. The van der Waals surface area contributed by atoms with Crippen LogP contribution in [0.2, 0.25) is 0 Å². The van der Waals surface area contributed by atoms with Crippen LogP contribution in [0, 0.1) is 6.92 Å². The first-order valence-corrected chi connectivity index (χ1v) is 12.4. The van der Waals surface area contributed by atoms with Crippen LogP contribution in [0.5, 0.6) is 0 Å². The Morgan fingerprint density at radius 3 is 1.33 bits per heavy atom. The van der Waals surface area contributed by atoms with Gasteiger partial charge in [-0.25, -0.2) is 0 Å². The van der Waals surface area contributed by atoms with E-state index in [4.69, 9.17) is 0 Å². The maximum Gasteiger partial charge on any atom is 0.0468 e. The highest BCUT2D eigenvalue weighted by Crippen LogP contribution is 2.39. The summed E-state index contributed by atoms with van der Waals surface area (Å²) in [6.45, 7) is 2.16. The number of nitrogens with zero attached hydrogens (tertiary/aromatic N) is 1. The number of fused-ring (bicyclic) bond motifs is 6. The predicted octanol–water partition coefficient (Wildman–Crippen LogP) is 10.1. The van der Waals surface area contributed by atoms with E-state index in [0.29, 0.717) is 0 Å². The zero-order valence-corrected chi connectivity index (χ0v) is 20.1. The van der Waals surface area contributed by atoms with Crippen molar-refractivity contribution in [1.29, 1.82) is 0 Å². The van der Waals surface area contributed by atoms with Gasteiger partial charge in [0.15, 0.2) is 0 Å². The van der Waals surface area contributed by atoms with Crippen LogP contribution >= 0.6 is 0 Å². The molecular formula is C35H25N. The average Bonchev–Trinajstić information content (AvgIpc) is 2.93. The topological polar surface area (TPSA) is 3.24 Å². The Balaban J connectivity index is 1.50. The second kappa shape index (κ2) is 8.25. The summed E-state index contributed by atoms with van der Waals surface area (Å²) in [5.74, 6) is 0. The Bertz CT molecular complexity index is 1800.